The van der Waals surface area contributed by atoms with Crippen molar-refractivity contribution >= 4 is 11.6 Å². The third-order valence-electron chi connectivity index (χ3n) is 1.50. The van der Waals surface area contributed by atoms with Crippen molar-refractivity contribution in [2.24, 2.45) is 0 Å². The van der Waals surface area contributed by atoms with Gasteiger partial charge >= 0.3 is 5.35 Å². The monoisotopic (exact) mass is 184 g/mol. The Labute approximate surface area is 73.1 Å². The molecular formula is C7H5ClN2O2. The van der Waals surface area contributed by atoms with Crippen molar-refractivity contribution in [3.8, 4) is 11.4 Å². The molecular weight excluding hydrogens is 180 g/mol. The highest BCUT2D eigenvalue weighted by Crippen LogP contribution is 2.21. The van der Waals surface area contributed by atoms with Crippen molar-refractivity contribution in [2.45, 2.75) is 6.92 Å². The number of halogens is 1. The van der Waals surface area contributed by atoms with Crippen LogP contribution in [0.15, 0.2) is 21.3 Å². The highest BCUT2D eigenvalue weighted by molar-refractivity contribution is 6.27. The second-order valence-corrected chi connectivity index (χ2v) is 2.58. The molecule has 0 amide bonds. The molecule has 0 aliphatic carbocycles. The van der Waals surface area contributed by atoms with Gasteiger partial charge in [0.1, 0.15) is 5.76 Å². The first-order valence-electron chi connectivity index (χ1n) is 3.31. The first-order chi connectivity index (χ1) is 5.77. The molecule has 0 saturated heterocycles. The zero-order valence-corrected chi connectivity index (χ0v) is 7.00. The zero-order chi connectivity index (χ0) is 8.55. The van der Waals surface area contributed by atoms with Gasteiger partial charge in [0, 0.05) is 0 Å². The summed E-state index contributed by atoms with van der Waals surface area (Å²) in [4.78, 5) is 3.84. The van der Waals surface area contributed by atoms with Gasteiger partial charge < -0.3 is 8.94 Å². The fourth-order valence-electron chi connectivity index (χ4n) is 0.931. The maximum Gasteiger partial charge on any atom is 0.320 e. The SMILES string of the molecule is Cc1occc1-c1noc(Cl)n1. The largest absolute Gasteiger partial charge is 0.469 e. The molecule has 0 aliphatic heterocycles. The van der Waals surface area contributed by atoms with Gasteiger partial charge in [-0.1, -0.05) is 5.16 Å². The molecule has 12 heavy (non-hydrogen) atoms. The molecule has 0 radical (unpaired) electrons. The van der Waals surface area contributed by atoms with Crippen LogP contribution in [0.1, 0.15) is 5.76 Å². The summed E-state index contributed by atoms with van der Waals surface area (Å²) in [5.41, 5.74) is 0.797. The molecule has 0 aliphatic rings. The fraction of sp³-hybridized carbons (Fsp3) is 0.143. The second-order valence-electron chi connectivity index (χ2n) is 2.26. The van der Waals surface area contributed by atoms with E-state index in [1.54, 1.807) is 12.3 Å². The van der Waals surface area contributed by atoms with E-state index in [0.29, 0.717) is 5.82 Å². The van der Waals surface area contributed by atoms with Gasteiger partial charge in [0.15, 0.2) is 0 Å². The van der Waals surface area contributed by atoms with Gasteiger partial charge in [-0.05, 0) is 24.6 Å². The molecule has 62 valence electrons. The Morgan fingerprint density at radius 3 is 2.83 bits per heavy atom. The Balaban J connectivity index is 2.50. The van der Waals surface area contributed by atoms with Crippen LogP contribution in [0.4, 0.5) is 0 Å². The van der Waals surface area contributed by atoms with Gasteiger partial charge in [-0.15, -0.1) is 0 Å². The number of furan rings is 1. The predicted molar refractivity (Wildman–Crippen MR) is 41.7 cm³/mol. The molecule has 0 N–H and O–H groups in total. The molecule has 0 atom stereocenters. The molecule has 0 bridgehead atoms. The number of aryl methyl sites for hydroxylation is 1. The summed E-state index contributed by atoms with van der Waals surface area (Å²) in [6.45, 7) is 1.82. The normalized spacial score (nSPS) is 10.5. The minimum Gasteiger partial charge on any atom is -0.469 e. The Kier molecular flexibility index (Phi) is 1.62. The maximum absolute atomic E-state index is 5.46. The third kappa shape index (κ3) is 1.10. The van der Waals surface area contributed by atoms with Crippen LogP contribution < -0.4 is 0 Å². The van der Waals surface area contributed by atoms with E-state index in [0.717, 1.165) is 11.3 Å². The Hall–Kier alpha value is -1.29. The molecule has 0 spiro atoms. The molecule has 4 nitrogen and oxygen atoms in total. The summed E-state index contributed by atoms with van der Waals surface area (Å²) >= 11 is 5.46. The van der Waals surface area contributed by atoms with E-state index < -0.39 is 0 Å². The smallest absolute Gasteiger partial charge is 0.320 e. The number of rotatable bonds is 1. The molecule has 0 saturated carbocycles. The Bertz CT molecular complexity index is 394. The lowest BCUT2D eigenvalue weighted by atomic mass is 10.2. The van der Waals surface area contributed by atoms with Crippen LogP contribution in [0.3, 0.4) is 0 Å². The van der Waals surface area contributed by atoms with Crippen LogP contribution >= 0.6 is 11.6 Å². The van der Waals surface area contributed by atoms with Crippen molar-refractivity contribution in [2.75, 3.05) is 0 Å². The topological polar surface area (TPSA) is 52.1 Å². The number of aromatic nitrogens is 2. The summed E-state index contributed by atoms with van der Waals surface area (Å²) < 4.78 is 9.67. The van der Waals surface area contributed by atoms with E-state index in [4.69, 9.17) is 16.0 Å². The van der Waals surface area contributed by atoms with Gasteiger partial charge in [-0.2, -0.15) is 4.98 Å². The Morgan fingerprint density at radius 1 is 1.50 bits per heavy atom. The van der Waals surface area contributed by atoms with E-state index in [1.807, 2.05) is 6.92 Å². The van der Waals surface area contributed by atoms with Crippen LogP contribution in [0.25, 0.3) is 11.4 Å². The standard InChI is InChI=1S/C7H5ClN2O2/c1-4-5(2-3-11-4)6-9-7(8)12-10-6/h2-3H,1H3. The molecule has 2 heterocycles. The lowest BCUT2D eigenvalue weighted by Crippen LogP contribution is -1.78. The van der Waals surface area contributed by atoms with E-state index in [1.165, 1.54) is 0 Å². The van der Waals surface area contributed by atoms with Gasteiger partial charge in [-0.3, -0.25) is 0 Å². The average molecular weight is 185 g/mol. The van der Waals surface area contributed by atoms with Crippen molar-refractivity contribution in [1.29, 1.82) is 0 Å². The first-order valence-corrected chi connectivity index (χ1v) is 3.69. The molecule has 5 heteroatoms. The van der Waals surface area contributed by atoms with Crippen LogP contribution in [-0.4, -0.2) is 10.1 Å². The molecule has 0 aromatic carbocycles. The van der Waals surface area contributed by atoms with Crippen molar-refractivity contribution in [3.05, 3.63) is 23.4 Å². The molecule has 0 unspecified atom stereocenters. The van der Waals surface area contributed by atoms with Gasteiger partial charge in [-0.25, -0.2) is 0 Å². The highest BCUT2D eigenvalue weighted by atomic mass is 35.5. The van der Waals surface area contributed by atoms with Crippen molar-refractivity contribution in [1.82, 2.24) is 10.1 Å². The summed E-state index contributed by atoms with van der Waals surface area (Å²) in [5, 5.41) is 3.67. The van der Waals surface area contributed by atoms with E-state index in [9.17, 15) is 0 Å². The zero-order valence-electron chi connectivity index (χ0n) is 6.24. The van der Waals surface area contributed by atoms with Crippen molar-refractivity contribution in [3.63, 3.8) is 0 Å². The minimum atomic E-state index is 0.0330. The third-order valence-corrected chi connectivity index (χ3v) is 1.65. The number of hydrogen-bond donors (Lipinski definition) is 0. The van der Waals surface area contributed by atoms with Crippen LogP contribution in [0.2, 0.25) is 5.35 Å². The second kappa shape index (κ2) is 2.64. The number of nitrogens with zero attached hydrogens (tertiary/aromatic N) is 2. The lowest BCUT2D eigenvalue weighted by Gasteiger charge is -1.86. The van der Waals surface area contributed by atoms with Crippen molar-refractivity contribution < 1.29 is 8.94 Å². The summed E-state index contributed by atoms with van der Waals surface area (Å²) in [6, 6.07) is 1.76. The molecule has 0 fully saturated rings. The molecule has 2 aromatic heterocycles. The van der Waals surface area contributed by atoms with Crippen LogP contribution in [-0.2, 0) is 0 Å². The summed E-state index contributed by atoms with van der Waals surface area (Å²) in [7, 11) is 0. The van der Waals surface area contributed by atoms with E-state index >= 15 is 0 Å². The maximum atomic E-state index is 5.46. The van der Waals surface area contributed by atoms with Gasteiger partial charge in [0.25, 0.3) is 0 Å². The van der Waals surface area contributed by atoms with Crippen LogP contribution in [0, 0.1) is 6.92 Å². The van der Waals surface area contributed by atoms with E-state index in [2.05, 4.69) is 14.7 Å². The fourth-order valence-corrected chi connectivity index (χ4v) is 1.05. The van der Waals surface area contributed by atoms with E-state index in [-0.39, 0.29) is 5.35 Å². The average Bonchev–Trinajstić information content (AvgIpc) is 2.58. The predicted octanol–water partition coefficient (Wildman–Crippen LogP) is 2.29. The summed E-state index contributed by atoms with van der Waals surface area (Å²) in [5.74, 6) is 1.19. The number of hydrogen-bond acceptors (Lipinski definition) is 4. The first kappa shape index (κ1) is 7.36. The highest BCUT2D eigenvalue weighted by Gasteiger charge is 2.10. The quantitative estimate of drug-likeness (QED) is 0.682. The van der Waals surface area contributed by atoms with Gasteiger partial charge in [0.2, 0.25) is 5.82 Å². The molecule has 2 rings (SSSR count). The van der Waals surface area contributed by atoms with Gasteiger partial charge in [0.05, 0.1) is 11.8 Å². The van der Waals surface area contributed by atoms with Crippen LogP contribution in [0.5, 0.6) is 0 Å². The Morgan fingerprint density at radius 2 is 2.33 bits per heavy atom. The molecule has 2 aromatic rings. The lowest BCUT2D eigenvalue weighted by molar-refractivity contribution is 0.420. The minimum absolute atomic E-state index is 0.0330. The summed E-state index contributed by atoms with van der Waals surface area (Å²) in [6.07, 6.45) is 1.56.